The van der Waals surface area contributed by atoms with E-state index in [9.17, 15) is 14.7 Å². The highest BCUT2D eigenvalue weighted by atomic mass is 16.5. The molecule has 6 heteroatoms. The second kappa shape index (κ2) is 14.6. The Hall–Kier alpha value is -5.62. The average Bonchev–Trinajstić information content (AvgIpc) is 3.52. The lowest BCUT2D eigenvalue weighted by Gasteiger charge is -2.24. The number of pyridine rings is 1. The van der Waals surface area contributed by atoms with Gasteiger partial charge in [0.25, 0.3) is 0 Å². The molecule has 0 aliphatic heterocycles. The van der Waals surface area contributed by atoms with Crippen molar-refractivity contribution in [2.45, 2.75) is 38.1 Å². The maximum atomic E-state index is 12.9. The van der Waals surface area contributed by atoms with E-state index in [1.54, 1.807) is 18.2 Å². The normalized spacial score (nSPS) is 13.0. The summed E-state index contributed by atoms with van der Waals surface area (Å²) in [7, 11) is 1.51. The molecular formula is C41H38N2O4. The number of nitrogens with one attached hydrogen (secondary N) is 1. The molecule has 4 aromatic carbocycles. The number of hydrogen-bond acceptors (Lipinski definition) is 4. The van der Waals surface area contributed by atoms with Crippen LogP contribution in [0.3, 0.4) is 0 Å². The molecule has 0 atom stereocenters. The van der Waals surface area contributed by atoms with Crippen molar-refractivity contribution in [3.8, 4) is 28.0 Å². The first-order chi connectivity index (χ1) is 23.0. The topological polar surface area (TPSA) is 80.0 Å². The monoisotopic (exact) mass is 622 g/mol. The number of ether oxygens (including phenoxy) is 1. The lowest BCUT2D eigenvalue weighted by molar-refractivity contribution is 0.0692. The minimum Gasteiger partial charge on any atom is -0.496 e. The number of anilines is 1. The molecule has 0 bridgehead atoms. The van der Waals surface area contributed by atoms with E-state index in [0.29, 0.717) is 17.4 Å². The third kappa shape index (κ3) is 7.12. The van der Waals surface area contributed by atoms with Gasteiger partial charge in [0.2, 0.25) is 0 Å². The molecule has 7 rings (SSSR count). The van der Waals surface area contributed by atoms with Crippen molar-refractivity contribution in [2.24, 2.45) is 0 Å². The first-order valence-electron chi connectivity index (χ1n) is 16.1. The molecular weight excluding hydrogens is 584 g/mol. The van der Waals surface area contributed by atoms with Gasteiger partial charge < -0.3 is 19.6 Å². The van der Waals surface area contributed by atoms with Crippen molar-refractivity contribution in [1.29, 1.82) is 0 Å². The highest BCUT2D eigenvalue weighted by molar-refractivity contribution is 6.15. The molecule has 2 aromatic heterocycles. The number of rotatable bonds is 8. The van der Waals surface area contributed by atoms with Crippen LogP contribution in [0.1, 0.15) is 58.4 Å². The van der Waals surface area contributed by atoms with Crippen molar-refractivity contribution in [1.82, 2.24) is 4.40 Å². The van der Waals surface area contributed by atoms with E-state index in [2.05, 4.69) is 101 Å². The Labute approximate surface area is 275 Å². The van der Waals surface area contributed by atoms with Crippen molar-refractivity contribution in [3.63, 3.8) is 0 Å². The summed E-state index contributed by atoms with van der Waals surface area (Å²) in [6.45, 7) is 0. The quantitative estimate of drug-likeness (QED) is 0.165. The van der Waals surface area contributed by atoms with E-state index >= 15 is 0 Å². The van der Waals surface area contributed by atoms with Crippen LogP contribution in [0.25, 0.3) is 27.8 Å². The van der Waals surface area contributed by atoms with E-state index in [-0.39, 0.29) is 16.9 Å². The van der Waals surface area contributed by atoms with Crippen molar-refractivity contribution >= 4 is 23.0 Å². The second-order valence-electron chi connectivity index (χ2n) is 11.7. The molecule has 0 saturated heterocycles. The fraction of sp³-hybridized carbons (Fsp3) is 0.171. The van der Waals surface area contributed by atoms with Gasteiger partial charge in [0.1, 0.15) is 5.75 Å². The van der Waals surface area contributed by atoms with Crippen molar-refractivity contribution in [3.05, 3.63) is 150 Å². The molecule has 1 aliphatic rings. The van der Waals surface area contributed by atoms with Crippen LogP contribution in [0, 0.1) is 0 Å². The molecule has 47 heavy (non-hydrogen) atoms. The van der Waals surface area contributed by atoms with Gasteiger partial charge in [0.05, 0.1) is 23.8 Å². The largest absolute Gasteiger partial charge is 0.496 e. The number of aromatic carboxylic acids is 1. The fourth-order valence-corrected chi connectivity index (χ4v) is 6.33. The summed E-state index contributed by atoms with van der Waals surface area (Å²) in [5.74, 6) is -1.04. The van der Waals surface area contributed by atoms with Gasteiger partial charge in [-0.2, -0.15) is 0 Å². The molecule has 0 unspecified atom stereocenters. The summed E-state index contributed by atoms with van der Waals surface area (Å²) >= 11 is 0. The molecule has 6 aromatic rings. The Bertz CT molecular complexity index is 1980. The van der Waals surface area contributed by atoms with Crippen molar-refractivity contribution in [2.75, 3.05) is 12.4 Å². The van der Waals surface area contributed by atoms with Crippen LogP contribution in [-0.2, 0) is 0 Å². The number of carbonyl (C=O) groups excluding carboxylic acids is 1. The molecule has 1 fully saturated rings. The Balaban J connectivity index is 0.000000168. The van der Waals surface area contributed by atoms with E-state index in [0.717, 1.165) is 18.5 Å². The number of nitrogens with zero attached hydrogens (tertiary/aromatic N) is 1. The Morgan fingerprint density at radius 1 is 0.723 bits per heavy atom. The third-order valence-corrected chi connectivity index (χ3v) is 8.66. The van der Waals surface area contributed by atoms with Gasteiger partial charge in [-0.15, -0.1) is 0 Å². The summed E-state index contributed by atoms with van der Waals surface area (Å²) in [6, 6.07) is 39.5. The number of fused-ring (bicyclic) bond motifs is 1. The number of hydrogen-bond donors (Lipinski definition) is 2. The molecule has 2 N–H and O–H groups in total. The Kier molecular flexibility index (Phi) is 9.78. The number of carboxylic acid groups (broad SMARTS) is 1. The van der Waals surface area contributed by atoms with Crippen LogP contribution in [-0.4, -0.2) is 34.4 Å². The summed E-state index contributed by atoms with van der Waals surface area (Å²) < 4.78 is 7.61. The van der Waals surface area contributed by atoms with Gasteiger partial charge >= 0.3 is 5.97 Å². The Morgan fingerprint density at radius 3 is 2.04 bits per heavy atom. The molecule has 0 spiro atoms. The predicted molar refractivity (Wildman–Crippen MR) is 189 cm³/mol. The number of aromatic nitrogens is 1. The van der Waals surface area contributed by atoms with Gasteiger partial charge in [-0.25, -0.2) is 4.79 Å². The number of benzene rings is 4. The first-order valence-corrected chi connectivity index (χ1v) is 16.1. The van der Waals surface area contributed by atoms with Crippen molar-refractivity contribution < 1.29 is 19.4 Å². The molecule has 1 aliphatic carbocycles. The summed E-state index contributed by atoms with van der Waals surface area (Å²) in [5.41, 5.74) is 7.73. The average molecular weight is 623 g/mol. The number of ketones is 1. The van der Waals surface area contributed by atoms with Gasteiger partial charge in [-0.05, 0) is 54.3 Å². The maximum Gasteiger partial charge on any atom is 0.336 e. The summed E-state index contributed by atoms with van der Waals surface area (Å²) in [4.78, 5) is 24.3. The van der Waals surface area contributed by atoms with Crippen LogP contribution in [0.15, 0.2) is 134 Å². The SMILES string of the molecule is COc1cc(NC2CCCCC2)ccc1C(=O)c1ccccc1C(=O)O.c1ccc(-c2cn3ccccc3c2-c2ccccc2)cc1. The minimum absolute atomic E-state index is 0.0102. The zero-order chi connectivity index (χ0) is 32.6. The van der Waals surface area contributed by atoms with Crippen LogP contribution in [0.5, 0.6) is 5.75 Å². The van der Waals surface area contributed by atoms with E-state index < -0.39 is 5.97 Å². The van der Waals surface area contributed by atoms with Crippen LogP contribution in [0.2, 0.25) is 0 Å². The Morgan fingerprint density at radius 2 is 1.36 bits per heavy atom. The van der Waals surface area contributed by atoms with Crippen LogP contribution < -0.4 is 10.1 Å². The lowest BCUT2D eigenvalue weighted by Crippen LogP contribution is -2.22. The number of carbonyl (C=O) groups is 2. The molecule has 2 heterocycles. The smallest absolute Gasteiger partial charge is 0.336 e. The lowest BCUT2D eigenvalue weighted by atomic mass is 9.95. The van der Waals surface area contributed by atoms with Gasteiger partial charge in [0.15, 0.2) is 5.78 Å². The first kappa shape index (κ1) is 31.4. The zero-order valence-corrected chi connectivity index (χ0v) is 26.4. The summed E-state index contributed by atoms with van der Waals surface area (Å²) in [5, 5.41) is 12.8. The molecule has 0 amide bonds. The minimum atomic E-state index is -1.12. The second-order valence-corrected chi connectivity index (χ2v) is 11.7. The number of methoxy groups -OCH3 is 1. The molecule has 236 valence electrons. The van der Waals surface area contributed by atoms with E-state index in [1.807, 2.05) is 12.1 Å². The number of carboxylic acids is 1. The zero-order valence-electron chi connectivity index (χ0n) is 26.4. The van der Waals surface area contributed by atoms with Gasteiger partial charge in [0, 0.05) is 46.9 Å². The van der Waals surface area contributed by atoms with E-state index in [4.69, 9.17) is 4.74 Å². The van der Waals surface area contributed by atoms with E-state index in [1.165, 1.54) is 66.3 Å². The molecule has 0 radical (unpaired) electrons. The molecule has 1 saturated carbocycles. The van der Waals surface area contributed by atoms with Gasteiger partial charge in [-0.1, -0.05) is 104 Å². The maximum absolute atomic E-state index is 12.9. The summed E-state index contributed by atoms with van der Waals surface area (Å²) in [6.07, 6.45) is 10.4. The van der Waals surface area contributed by atoms with Gasteiger partial charge in [-0.3, -0.25) is 4.79 Å². The standard InChI is InChI=1S/C21H23NO4.C20H15N/c1-26-19-13-15(22-14-7-3-2-4-8-14)11-12-18(19)20(23)16-9-5-6-10-17(16)21(24)25;1-3-9-16(10-4-1)18-15-21-14-8-7-13-19(21)20(18)17-11-5-2-6-12-17/h5-6,9-14,22H,2-4,7-8H2,1H3,(H,24,25);1-15H. The highest BCUT2D eigenvalue weighted by Crippen LogP contribution is 2.37. The third-order valence-electron chi connectivity index (χ3n) is 8.66. The predicted octanol–water partition coefficient (Wildman–Crippen LogP) is 9.64. The van der Waals surface area contributed by atoms with Crippen LogP contribution >= 0.6 is 0 Å². The molecule has 6 nitrogen and oxygen atoms in total. The van der Waals surface area contributed by atoms with Crippen LogP contribution in [0.4, 0.5) is 5.69 Å². The fourth-order valence-electron chi connectivity index (χ4n) is 6.33. The highest BCUT2D eigenvalue weighted by Gasteiger charge is 2.21.